The highest BCUT2D eigenvalue weighted by molar-refractivity contribution is 7.92. The van der Waals surface area contributed by atoms with E-state index < -0.39 is 34.0 Å². The molecular weight excluding hydrogens is 601 g/mol. The van der Waals surface area contributed by atoms with Crippen molar-refractivity contribution in [2.24, 2.45) is 0 Å². The molecule has 2 amide bonds. The Hall–Kier alpha value is -4.85. The van der Waals surface area contributed by atoms with Crippen LogP contribution in [0, 0.1) is 0 Å². The highest BCUT2D eigenvalue weighted by Crippen LogP contribution is 2.38. The number of carbonyl (C=O) groups excluding carboxylic acids is 3. The maximum Gasteiger partial charge on any atom is 0.471 e. The van der Waals surface area contributed by atoms with Crippen molar-refractivity contribution in [3.8, 4) is 0 Å². The zero-order chi connectivity index (χ0) is 32.1. The van der Waals surface area contributed by atoms with Crippen LogP contribution >= 0.6 is 0 Å². The van der Waals surface area contributed by atoms with Gasteiger partial charge in [-0.2, -0.15) is 13.2 Å². The van der Waals surface area contributed by atoms with Gasteiger partial charge in [0, 0.05) is 24.3 Å². The van der Waals surface area contributed by atoms with E-state index in [1.54, 1.807) is 54.7 Å². The summed E-state index contributed by atoms with van der Waals surface area (Å²) >= 11 is 0. The molecule has 3 N–H and O–H groups in total. The zero-order valence-electron chi connectivity index (χ0n) is 23.7. The number of carbonyl (C=O) groups is 3. The Labute approximate surface area is 251 Å². The topological polar surface area (TPSA) is 134 Å². The van der Waals surface area contributed by atoms with Gasteiger partial charge >= 0.3 is 18.1 Å². The third-order valence-corrected chi connectivity index (χ3v) is 7.69. The molecule has 0 unspecified atom stereocenters. The molecule has 0 fully saturated rings. The molecule has 14 heteroatoms. The van der Waals surface area contributed by atoms with E-state index in [-0.39, 0.29) is 37.4 Å². The van der Waals surface area contributed by atoms with Crippen molar-refractivity contribution in [3.63, 3.8) is 0 Å². The van der Waals surface area contributed by atoms with Gasteiger partial charge in [-0.25, -0.2) is 13.2 Å². The van der Waals surface area contributed by atoms with Gasteiger partial charge in [-0.15, -0.1) is 0 Å². The van der Waals surface area contributed by atoms with Crippen molar-refractivity contribution in [2.45, 2.75) is 19.5 Å². The lowest BCUT2D eigenvalue weighted by Gasteiger charge is -2.23. The van der Waals surface area contributed by atoms with Crippen molar-refractivity contribution in [1.82, 2.24) is 5.32 Å². The van der Waals surface area contributed by atoms with Gasteiger partial charge in [0.2, 0.25) is 10.0 Å². The summed E-state index contributed by atoms with van der Waals surface area (Å²) in [5.41, 5.74) is 3.52. The number of nitrogens with zero attached hydrogens (tertiary/aromatic N) is 1. The molecule has 10 nitrogen and oxygen atoms in total. The normalized spacial score (nSPS) is 13.9. The second-order valence-corrected chi connectivity index (χ2v) is 11.6. The van der Waals surface area contributed by atoms with Crippen LogP contribution in [0.4, 0.5) is 30.2 Å². The van der Waals surface area contributed by atoms with Crippen LogP contribution in [0.3, 0.4) is 0 Å². The molecule has 0 saturated heterocycles. The number of benzene rings is 3. The Morgan fingerprint density at radius 1 is 0.977 bits per heavy atom. The number of amides is 2. The van der Waals surface area contributed by atoms with Crippen molar-refractivity contribution in [2.75, 3.05) is 40.9 Å². The Bertz CT molecular complexity index is 1690. The van der Waals surface area contributed by atoms with Crippen LogP contribution < -0.4 is 20.3 Å². The van der Waals surface area contributed by atoms with Gasteiger partial charge in [0.25, 0.3) is 5.91 Å². The van der Waals surface area contributed by atoms with Gasteiger partial charge in [-0.05, 0) is 55.3 Å². The first-order valence-electron chi connectivity index (χ1n) is 13.4. The summed E-state index contributed by atoms with van der Waals surface area (Å²) in [6.45, 7) is 1.35. The number of halogens is 3. The third kappa shape index (κ3) is 7.56. The molecule has 0 spiro atoms. The number of alkyl halides is 3. The molecule has 0 aliphatic carbocycles. The molecule has 1 aliphatic heterocycles. The lowest BCUT2D eigenvalue weighted by Crippen LogP contribution is -2.39. The summed E-state index contributed by atoms with van der Waals surface area (Å²) in [5.74, 6) is -3.01. The Morgan fingerprint density at radius 2 is 1.66 bits per heavy atom. The van der Waals surface area contributed by atoms with Gasteiger partial charge in [-0.3, -0.25) is 13.9 Å². The number of esters is 1. The Morgan fingerprint density at radius 3 is 2.27 bits per heavy atom. The van der Waals surface area contributed by atoms with Crippen molar-refractivity contribution >= 4 is 56.1 Å². The van der Waals surface area contributed by atoms with E-state index in [0.29, 0.717) is 33.8 Å². The van der Waals surface area contributed by atoms with Crippen LogP contribution in [-0.2, 0) is 24.3 Å². The van der Waals surface area contributed by atoms with Gasteiger partial charge < -0.3 is 20.7 Å². The maximum atomic E-state index is 13.2. The summed E-state index contributed by atoms with van der Waals surface area (Å²) in [6.07, 6.45) is -4.12. The van der Waals surface area contributed by atoms with Crippen molar-refractivity contribution in [1.29, 1.82) is 0 Å². The summed E-state index contributed by atoms with van der Waals surface area (Å²) < 4.78 is 68.3. The van der Waals surface area contributed by atoms with Gasteiger partial charge in [0.15, 0.2) is 0 Å². The monoisotopic (exact) mass is 630 g/mol. The van der Waals surface area contributed by atoms with E-state index in [9.17, 15) is 36.0 Å². The fourth-order valence-electron chi connectivity index (χ4n) is 4.51. The van der Waals surface area contributed by atoms with Crippen molar-refractivity contribution in [3.05, 3.63) is 89.5 Å². The van der Waals surface area contributed by atoms with E-state index in [1.165, 1.54) is 12.1 Å². The van der Waals surface area contributed by atoms with E-state index in [1.807, 2.05) is 18.2 Å². The molecule has 0 aromatic heterocycles. The Balaban J connectivity index is 1.61. The van der Waals surface area contributed by atoms with Crippen LogP contribution in [-0.4, -0.2) is 58.3 Å². The molecule has 0 bridgehead atoms. The molecule has 232 valence electrons. The van der Waals surface area contributed by atoms with Crippen LogP contribution in [0.2, 0.25) is 0 Å². The number of hydrogen-bond acceptors (Lipinski definition) is 7. The average molecular weight is 631 g/mol. The van der Waals surface area contributed by atoms with Gasteiger partial charge in [-0.1, -0.05) is 36.4 Å². The number of rotatable bonds is 11. The smallest absolute Gasteiger partial charge is 0.462 e. The fraction of sp³-hybridized carbons (Fsp3) is 0.233. The Kier molecular flexibility index (Phi) is 9.62. The minimum atomic E-state index is -5.03. The van der Waals surface area contributed by atoms with E-state index in [0.717, 1.165) is 10.6 Å². The fourth-order valence-corrected chi connectivity index (χ4v) is 5.48. The van der Waals surface area contributed by atoms with Gasteiger partial charge in [0.05, 0.1) is 41.1 Å². The number of anilines is 3. The molecule has 0 atom stereocenters. The highest BCUT2D eigenvalue weighted by Gasteiger charge is 2.38. The molecule has 0 radical (unpaired) electrons. The van der Waals surface area contributed by atoms with Crippen LogP contribution in [0.5, 0.6) is 0 Å². The summed E-state index contributed by atoms with van der Waals surface area (Å²) in [7, 11) is -3.81. The third-order valence-electron chi connectivity index (χ3n) is 6.49. The first-order chi connectivity index (χ1) is 20.8. The lowest BCUT2D eigenvalue weighted by molar-refractivity contribution is -0.173. The molecule has 1 heterocycles. The minimum absolute atomic E-state index is 0.0639. The number of ether oxygens (including phenoxy) is 1. The molecular formula is C30H29F3N4O6S. The second kappa shape index (κ2) is 13.2. The molecule has 1 aliphatic rings. The summed E-state index contributed by atoms with van der Waals surface area (Å²) in [6, 6.07) is 20.0. The SMILES string of the molecule is CCOC(=O)c1ccc2c(c1)NC(=O)/C2=C(/Nc1ccc(N(CCCNC(=O)C(F)(F)F)S(C)(=O)=O)cc1)c1ccccc1. The lowest BCUT2D eigenvalue weighted by atomic mass is 9.99. The van der Waals surface area contributed by atoms with Crippen molar-refractivity contribution < 1.29 is 40.7 Å². The van der Waals surface area contributed by atoms with E-state index in [4.69, 9.17) is 4.74 Å². The largest absolute Gasteiger partial charge is 0.471 e. The first-order valence-corrected chi connectivity index (χ1v) is 15.3. The zero-order valence-corrected chi connectivity index (χ0v) is 24.5. The maximum absolute atomic E-state index is 13.2. The number of sulfonamides is 1. The molecule has 3 aromatic carbocycles. The highest BCUT2D eigenvalue weighted by atomic mass is 32.2. The average Bonchev–Trinajstić information content (AvgIpc) is 3.30. The van der Waals surface area contributed by atoms with Crippen LogP contribution in [0.1, 0.15) is 34.8 Å². The number of fused-ring (bicyclic) bond motifs is 1. The molecule has 4 rings (SSSR count). The first kappa shape index (κ1) is 32.1. The number of hydrogen-bond donors (Lipinski definition) is 3. The van der Waals surface area contributed by atoms with E-state index >= 15 is 0 Å². The van der Waals surface area contributed by atoms with Crippen LogP contribution in [0.15, 0.2) is 72.8 Å². The number of nitrogens with one attached hydrogen (secondary N) is 3. The van der Waals surface area contributed by atoms with Gasteiger partial charge in [0.1, 0.15) is 0 Å². The predicted octanol–water partition coefficient (Wildman–Crippen LogP) is 4.63. The molecule has 0 saturated carbocycles. The van der Waals surface area contributed by atoms with Crippen LogP contribution in [0.25, 0.3) is 11.3 Å². The summed E-state index contributed by atoms with van der Waals surface area (Å²) in [5, 5.41) is 7.77. The predicted molar refractivity (Wildman–Crippen MR) is 160 cm³/mol. The molecule has 44 heavy (non-hydrogen) atoms. The second-order valence-electron chi connectivity index (χ2n) is 9.67. The standard InChI is InChI=1S/C30H29F3N4O6S/c1-3-43-28(39)20-10-15-23-24(18-20)36-27(38)25(23)26(19-8-5-4-6-9-19)35-21-11-13-22(14-12-21)37(44(2,41)42)17-7-16-34-29(40)30(31,32)33/h4-6,8-15,18,35H,3,7,16-17H2,1-2H3,(H,34,40)(H,36,38)/b26-25+. The minimum Gasteiger partial charge on any atom is -0.462 e. The summed E-state index contributed by atoms with van der Waals surface area (Å²) in [4.78, 5) is 36.5. The molecule has 3 aromatic rings. The van der Waals surface area contributed by atoms with E-state index in [2.05, 4.69) is 10.6 Å². The quantitative estimate of drug-likeness (QED) is 0.160.